The first-order chi connectivity index (χ1) is 8.53. The standard InChI is InChI=1S/C16H23BrO/c1-5-16(6-2)14(17)10-15(16)18-13-9-11(3)7-8-12(13)4/h7-9,14-15H,5-6,10H2,1-4H3. The third-order valence-electron chi connectivity index (χ3n) is 4.62. The minimum absolute atomic E-state index is 0.316. The summed E-state index contributed by atoms with van der Waals surface area (Å²) in [6, 6.07) is 6.45. The lowest BCUT2D eigenvalue weighted by Crippen LogP contribution is -2.56. The van der Waals surface area contributed by atoms with Gasteiger partial charge in [-0.25, -0.2) is 0 Å². The molecular weight excluding hydrogens is 288 g/mol. The Bertz CT molecular complexity index is 423. The molecule has 0 aromatic heterocycles. The molecule has 100 valence electrons. The molecular formula is C16H23BrO. The highest BCUT2D eigenvalue weighted by atomic mass is 79.9. The van der Waals surface area contributed by atoms with Gasteiger partial charge in [0, 0.05) is 10.2 Å². The van der Waals surface area contributed by atoms with Crippen molar-refractivity contribution in [3.8, 4) is 5.75 Å². The van der Waals surface area contributed by atoms with Gasteiger partial charge in [-0.3, -0.25) is 0 Å². The fraction of sp³-hybridized carbons (Fsp3) is 0.625. The summed E-state index contributed by atoms with van der Waals surface area (Å²) >= 11 is 3.81. The fourth-order valence-electron chi connectivity index (χ4n) is 3.00. The normalized spacial score (nSPS) is 25.6. The molecule has 1 fully saturated rings. The molecule has 1 aromatic carbocycles. The molecule has 1 nitrogen and oxygen atoms in total. The van der Waals surface area contributed by atoms with Crippen molar-refractivity contribution >= 4 is 15.9 Å². The van der Waals surface area contributed by atoms with E-state index in [0.717, 1.165) is 12.2 Å². The van der Waals surface area contributed by atoms with Crippen molar-refractivity contribution in [2.24, 2.45) is 5.41 Å². The Morgan fingerprint density at radius 3 is 2.50 bits per heavy atom. The summed E-state index contributed by atoms with van der Waals surface area (Å²) in [4.78, 5) is 0.607. The molecule has 0 radical (unpaired) electrons. The Kier molecular flexibility index (Phi) is 4.05. The molecule has 2 rings (SSSR count). The zero-order valence-corrected chi connectivity index (χ0v) is 13.4. The van der Waals surface area contributed by atoms with Crippen LogP contribution in [-0.2, 0) is 0 Å². The topological polar surface area (TPSA) is 9.23 Å². The van der Waals surface area contributed by atoms with E-state index in [1.165, 1.54) is 24.0 Å². The van der Waals surface area contributed by atoms with Gasteiger partial charge in [-0.1, -0.05) is 41.9 Å². The number of rotatable bonds is 4. The van der Waals surface area contributed by atoms with Crippen LogP contribution in [-0.4, -0.2) is 10.9 Å². The number of alkyl halides is 1. The molecule has 0 bridgehead atoms. The third-order valence-corrected chi connectivity index (χ3v) is 5.90. The summed E-state index contributed by atoms with van der Waals surface area (Å²) in [5.41, 5.74) is 2.82. The molecule has 1 aromatic rings. The molecule has 2 atom stereocenters. The maximum Gasteiger partial charge on any atom is 0.122 e. The van der Waals surface area contributed by atoms with Crippen LogP contribution in [0.2, 0.25) is 0 Å². The van der Waals surface area contributed by atoms with Gasteiger partial charge in [-0.05, 0) is 50.3 Å². The van der Waals surface area contributed by atoms with Crippen molar-refractivity contribution in [2.75, 3.05) is 0 Å². The first-order valence-electron chi connectivity index (χ1n) is 6.91. The maximum atomic E-state index is 6.30. The first kappa shape index (κ1) is 13.9. The van der Waals surface area contributed by atoms with Crippen LogP contribution in [0.1, 0.15) is 44.2 Å². The molecule has 1 aliphatic rings. The number of hydrogen-bond donors (Lipinski definition) is 0. The van der Waals surface area contributed by atoms with E-state index in [4.69, 9.17) is 4.74 Å². The zero-order valence-electron chi connectivity index (χ0n) is 11.8. The zero-order chi connectivity index (χ0) is 13.3. The molecule has 18 heavy (non-hydrogen) atoms. The number of hydrogen-bond acceptors (Lipinski definition) is 1. The van der Waals surface area contributed by atoms with E-state index < -0.39 is 0 Å². The smallest absolute Gasteiger partial charge is 0.122 e. The molecule has 1 saturated carbocycles. The van der Waals surface area contributed by atoms with Crippen LogP contribution >= 0.6 is 15.9 Å². The van der Waals surface area contributed by atoms with Crippen molar-refractivity contribution in [3.05, 3.63) is 29.3 Å². The van der Waals surface area contributed by atoms with Crippen molar-refractivity contribution in [3.63, 3.8) is 0 Å². The molecule has 2 unspecified atom stereocenters. The predicted molar refractivity (Wildman–Crippen MR) is 80.7 cm³/mol. The minimum Gasteiger partial charge on any atom is -0.489 e. The Balaban J connectivity index is 2.17. The van der Waals surface area contributed by atoms with Gasteiger partial charge in [0.05, 0.1) is 0 Å². The molecule has 0 N–H and O–H groups in total. The largest absolute Gasteiger partial charge is 0.489 e. The minimum atomic E-state index is 0.316. The van der Waals surface area contributed by atoms with E-state index in [2.05, 4.69) is 61.8 Å². The van der Waals surface area contributed by atoms with Gasteiger partial charge in [0.1, 0.15) is 11.9 Å². The van der Waals surface area contributed by atoms with Gasteiger partial charge < -0.3 is 4.74 Å². The van der Waals surface area contributed by atoms with Crippen molar-refractivity contribution in [1.82, 2.24) is 0 Å². The molecule has 0 amide bonds. The highest BCUT2D eigenvalue weighted by molar-refractivity contribution is 9.09. The Labute approximate surface area is 119 Å². The van der Waals surface area contributed by atoms with E-state index >= 15 is 0 Å². The molecule has 0 saturated heterocycles. The number of ether oxygens (including phenoxy) is 1. The number of benzene rings is 1. The van der Waals surface area contributed by atoms with Crippen molar-refractivity contribution < 1.29 is 4.74 Å². The van der Waals surface area contributed by atoms with Gasteiger partial charge in [-0.15, -0.1) is 0 Å². The van der Waals surface area contributed by atoms with Crippen LogP contribution in [0.3, 0.4) is 0 Å². The summed E-state index contributed by atoms with van der Waals surface area (Å²) in [7, 11) is 0. The van der Waals surface area contributed by atoms with Crippen LogP contribution in [0.5, 0.6) is 5.75 Å². The van der Waals surface area contributed by atoms with Crippen molar-refractivity contribution in [2.45, 2.75) is 57.9 Å². The molecule has 1 aliphatic carbocycles. The summed E-state index contributed by atoms with van der Waals surface area (Å²) in [6.45, 7) is 8.79. The molecule has 0 spiro atoms. The second-order valence-corrected chi connectivity index (χ2v) is 6.62. The monoisotopic (exact) mass is 310 g/mol. The SMILES string of the molecule is CCC1(CC)C(Br)CC1Oc1cc(C)ccc1C. The molecule has 0 heterocycles. The molecule has 0 aliphatic heterocycles. The van der Waals surface area contributed by atoms with Gasteiger partial charge >= 0.3 is 0 Å². The summed E-state index contributed by atoms with van der Waals surface area (Å²) in [6.07, 6.45) is 3.83. The van der Waals surface area contributed by atoms with Crippen LogP contribution in [0.15, 0.2) is 18.2 Å². The third kappa shape index (κ3) is 2.20. The lowest BCUT2D eigenvalue weighted by atomic mass is 9.62. The highest BCUT2D eigenvalue weighted by Gasteiger charge is 2.53. The number of aryl methyl sites for hydroxylation is 2. The van der Waals surface area contributed by atoms with Gasteiger partial charge in [-0.2, -0.15) is 0 Å². The Morgan fingerprint density at radius 2 is 1.94 bits per heavy atom. The summed E-state index contributed by atoms with van der Waals surface area (Å²) in [5, 5.41) is 0. The maximum absolute atomic E-state index is 6.30. The van der Waals surface area contributed by atoms with E-state index in [9.17, 15) is 0 Å². The summed E-state index contributed by atoms with van der Waals surface area (Å²) < 4.78 is 6.30. The van der Waals surface area contributed by atoms with Crippen LogP contribution in [0.25, 0.3) is 0 Å². The van der Waals surface area contributed by atoms with Gasteiger partial charge in [0.15, 0.2) is 0 Å². The Hall–Kier alpha value is -0.500. The van der Waals surface area contributed by atoms with E-state index in [1.54, 1.807) is 0 Å². The highest BCUT2D eigenvalue weighted by Crippen LogP contribution is 2.52. The van der Waals surface area contributed by atoms with Crippen LogP contribution in [0.4, 0.5) is 0 Å². The van der Waals surface area contributed by atoms with E-state index in [0.29, 0.717) is 16.3 Å². The first-order valence-corrected chi connectivity index (χ1v) is 7.83. The second-order valence-electron chi connectivity index (χ2n) is 5.52. The second kappa shape index (κ2) is 5.24. The Morgan fingerprint density at radius 1 is 1.28 bits per heavy atom. The lowest BCUT2D eigenvalue weighted by Gasteiger charge is -2.52. The van der Waals surface area contributed by atoms with Gasteiger partial charge in [0.2, 0.25) is 0 Å². The molecule has 2 heteroatoms. The predicted octanol–water partition coefficient (Wildman–Crippen LogP) is 5.02. The number of halogens is 1. The summed E-state index contributed by atoms with van der Waals surface area (Å²) in [5.74, 6) is 1.06. The lowest BCUT2D eigenvalue weighted by molar-refractivity contribution is -0.0414. The van der Waals surface area contributed by atoms with Crippen LogP contribution < -0.4 is 4.74 Å². The van der Waals surface area contributed by atoms with Gasteiger partial charge in [0.25, 0.3) is 0 Å². The quantitative estimate of drug-likeness (QED) is 0.709. The average Bonchev–Trinajstić information content (AvgIpc) is 2.35. The van der Waals surface area contributed by atoms with Crippen molar-refractivity contribution in [1.29, 1.82) is 0 Å². The van der Waals surface area contributed by atoms with E-state index in [-0.39, 0.29) is 0 Å². The van der Waals surface area contributed by atoms with Crippen LogP contribution in [0, 0.1) is 19.3 Å². The fourth-order valence-corrected chi connectivity index (χ4v) is 4.28. The average molecular weight is 311 g/mol. The van der Waals surface area contributed by atoms with E-state index in [1.807, 2.05) is 0 Å².